The van der Waals surface area contributed by atoms with Gasteiger partial charge in [0.05, 0.1) is 0 Å². The first-order chi connectivity index (χ1) is 20.4. The molecule has 4 aromatic rings. The summed E-state index contributed by atoms with van der Waals surface area (Å²) in [7, 11) is -9.50. The second kappa shape index (κ2) is 12.1. The number of rotatable bonds is 8. The molecule has 0 aliphatic rings. The molecule has 0 saturated heterocycles. The summed E-state index contributed by atoms with van der Waals surface area (Å²) in [6, 6.07) is 20.5. The summed E-state index contributed by atoms with van der Waals surface area (Å²) >= 11 is 0. The van der Waals surface area contributed by atoms with E-state index in [0.29, 0.717) is 0 Å². The highest BCUT2D eigenvalue weighted by Gasteiger charge is 2.46. The minimum absolute atomic E-state index is 0.0506. The van der Waals surface area contributed by atoms with Crippen LogP contribution in [0.1, 0.15) is 41.5 Å². The lowest BCUT2D eigenvalue weighted by Gasteiger charge is -2.42. The van der Waals surface area contributed by atoms with Crippen LogP contribution >= 0.6 is 10.3 Å². The molecule has 4 rings (SSSR count). The summed E-state index contributed by atoms with van der Waals surface area (Å²) in [6.45, 7) is 10.5. The van der Waals surface area contributed by atoms with Crippen molar-refractivity contribution in [1.82, 2.24) is 0 Å². The summed E-state index contributed by atoms with van der Waals surface area (Å²) in [5, 5.41) is 0. The highest BCUT2D eigenvalue weighted by Crippen LogP contribution is 2.74. The Kier molecular flexibility index (Phi) is 9.12. The van der Waals surface area contributed by atoms with E-state index in [1.165, 1.54) is 24.3 Å². The smallest absolute Gasteiger partial charge is 0.313 e. The van der Waals surface area contributed by atoms with Crippen LogP contribution < -0.4 is 9.47 Å². The van der Waals surface area contributed by atoms with Gasteiger partial charge in [-0.2, -0.15) is 8.42 Å². The predicted molar refractivity (Wildman–Crippen MR) is 157 cm³/mol. The molecular weight excluding hydrogens is 623 g/mol. The molecule has 0 unspecified atom stereocenters. The number of benzene rings is 4. The number of hydrogen-bond acceptors (Lipinski definition) is 5. The van der Waals surface area contributed by atoms with Gasteiger partial charge in [-0.1, -0.05) is 42.5 Å². The van der Waals surface area contributed by atoms with Gasteiger partial charge in [-0.25, -0.2) is 25.6 Å². The first-order valence-electron chi connectivity index (χ1n) is 13.3. The topological polar surface area (TPSA) is 61.8 Å². The first kappa shape index (κ1) is 33.3. The van der Waals surface area contributed by atoms with Gasteiger partial charge in [0.2, 0.25) is 5.82 Å². The molecule has 0 heterocycles. The lowest BCUT2D eigenvalue weighted by molar-refractivity contribution is 0.113. The third kappa shape index (κ3) is 6.57. The Morgan fingerprint density at radius 2 is 0.864 bits per heavy atom. The van der Waals surface area contributed by atoms with Gasteiger partial charge in [-0.3, -0.25) is 0 Å². The van der Waals surface area contributed by atoms with Gasteiger partial charge in [0.25, 0.3) is 0 Å². The molecule has 5 nitrogen and oxygen atoms in total. The van der Waals surface area contributed by atoms with Crippen LogP contribution in [0.15, 0.2) is 98.4 Å². The van der Waals surface area contributed by atoms with Crippen LogP contribution in [0.25, 0.3) is 0 Å². The molecule has 44 heavy (non-hydrogen) atoms. The molecule has 0 aliphatic heterocycles. The Bertz CT molecular complexity index is 1670. The summed E-state index contributed by atoms with van der Waals surface area (Å²) in [6.07, 6.45) is 0. The van der Waals surface area contributed by atoms with Crippen molar-refractivity contribution in [2.75, 3.05) is 0 Å². The van der Waals surface area contributed by atoms with Gasteiger partial charge in [-0.05, 0) is 88.2 Å². The van der Waals surface area contributed by atoms with Crippen LogP contribution in [-0.4, -0.2) is 19.6 Å². The van der Waals surface area contributed by atoms with E-state index in [0.717, 1.165) is 0 Å². The van der Waals surface area contributed by atoms with Crippen LogP contribution in [0.3, 0.4) is 0 Å². The maximum atomic E-state index is 15.1. The average Bonchev–Trinajstić information content (AvgIpc) is 2.93. The van der Waals surface area contributed by atoms with E-state index in [4.69, 9.17) is 13.1 Å². The van der Waals surface area contributed by atoms with Crippen LogP contribution in [0.4, 0.5) is 22.0 Å². The maximum absolute atomic E-state index is 15.1. The van der Waals surface area contributed by atoms with Gasteiger partial charge in [0, 0.05) is 9.79 Å². The molecule has 236 valence electrons. The molecular formula is C32H31F5O5S2. The molecule has 0 aliphatic carbocycles. The van der Waals surface area contributed by atoms with E-state index in [1.807, 2.05) is 0 Å². The van der Waals surface area contributed by atoms with Crippen LogP contribution in [0, 0.1) is 29.1 Å². The summed E-state index contributed by atoms with van der Waals surface area (Å²) in [5.74, 6) is -12.3. The second-order valence-electron chi connectivity index (χ2n) is 11.6. The largest absolute Gasteiger partial charge is 0.487 e. The molecule has 0 aromatic heterocycles. The van der Waals surface area contributed by atoms with Crippen molar-refractivity contribution in [2.24, 2.45) is 0 Å². The van der Waals surface area contributed by atoms with Crippen molar-refractivity contribution in [2.45, 2.75) is 72.3 Å². The minimum atomic E-state index is -5.78. The fourth-order valence-corrected chi connectivity index (χ4v) is 9.76. The average molecular weight is 655 g/mol. The van der Waals surface area contributed by atoms with Crippen molar-refractivity contribution in [1.29, 1.82) is 0 Å². The molecule has 12 heteroatoms. The van der Waals surface area contributed by atoms with Crippen molar-refractivity contribution >= 4 is 20.4 Å². The van der Waals surface area contributed by atoms with E-state index >= 15 is 8.78 Å². The van der Waals surface area contributed by atoms with Crippen molar-refractivity contribution in [3.63, 3.8) is 0 Å². The van der Waals surface area contributed by atoms with E-state index in [2.05, 4.69) is 0 Å². The SMILES string of the molecule is CC(C)(C)Oc1cccc(OC(C)(C)C)c1S(OS(=O)(=O)c1c(F)c(F)c(F)c(F)c1F)(c1ccccc1)c1ccccc1. The van der Waals surface area contributed by atoms with E-state index in [-0.39, 0.29) is 26.2 Å². The second-order valence-corrected chi connectivity index (χ2v) is 15.9. The van der Waals surface area contributed by atoms with Crippen molar-refractivity contribution in [3.05, 3.63) is 108 Å². The molecule has 0 spiro atoms. The maximum Gasteiger partial charge on any atom is 0.313 e. The van der Waals surface area contributed by atoms with Crippen LogP contribution in [0.2, 0.25) is 0 Å². The van der Waals surface area contributed by atoms with Gasteiger partial charge in [-0.15, -0.1) is 0 Å². The molecule has 0 saturated carbocycles. The molecule has 0 N–H and O–H groups in total. The fraction of sp³-hybridized carbons (Fsp3) is 0.250. The zero-order chi connectivity index (χ0) is 32.7. The number of ether oxygens (including phenoxy) is 2. The first-order valence-corrected chi connectivity index (χ1v) is 16.3. The Balaban J connectivity index is 2.22. The molecule has 0 bridgehead atoms. The predicted octanol–water partition coefficient (Wildman–Crippen LogP) is 9.34. The molecule has 0 amide bonds. The third-order valence-corrected chi connectivity index (χ3v) is 11.1. The van der Waals surface area contributed by atoms with E-state index in [9.17, 15) is 21.6 Å². The van der Waals surface area contributed by atoms with Crippen molar-refractivity contribution in [3.8, 4) is 11.5 Å². The summed E-state index contributed by atoms with van der Waals surface area (Å²) < 4.78 is 119. The summed E-state index contributed by atoms with van der Waals surface area (Å²) in [5.41, 5.74) is -1.71. The molecule has 0 fully saturated rings. The zero-order valence-corrected chi connectivity index (χ0v) is 26.4. The standard InChI is InChI=1S/C32H31F5O5S2/c1-31(2,3)40-22-18-13-19-23(41-32(4,5)6)29(22)43(20-14-9-7-10-15-20,21-16-11-8-12-17-21)42-44(38,39)30-27(36)25(34)24(33)26(35)28(30)37/h7-19H,1-6H3. The molecule has 4 aromatic carbocycles. The summed E-state index contributed by atoms with van der Waals surface area (Å²) in [4.78, 5) is -1.68. The van der Waals surface area contributed by atoms with Crippen LogP contribution in [0.5, 0.6) is 11.5 Å². The number of halogens is 5. The highest BCUT2D eigenvalue weighted by molar-refractivity contribution is 8.33. The zero-order valence-electron chi connectivity index (χ0n) is 24.8. The third-order valence-electron chi connectivity index (χ3n) is 5.82. The van der Waals surface area contributed by atoms with Gasteiger partial charge in [0.15, 0.2) is 28.2 Å². The fourth-order valence-electron chi connectivity index (χ4n) is 4.28. The lowest BCUT2D eigenvalue weighted by Crippen LogP contribution is -2.27. The molecule has 0 radical (unpaired) electrons. The Hall–Kier alpha value is -3.61. The van der Waals surface area contributed by atoms with Crippen molar-refractivity contribution < 1.29 is 43.5 Å². The monoisotopic (exact) mass is 654 g/mol. The van der Waals surface area contributed by atoms with Gasteiger partial charge >= 0.3 is 10.1 Å². The normalized spacial score (nSPS) is 13.1. The minimum Gasteiger partial charge on any atom is -0.487 e. The van der Waals surface area contributed by atoms with Crippen LogP contribution in [-0.2, 0) is 13.7 Å². The Morgan fingerprint density at radius 3 is 1.23 bits per heavy atom. The lowest BCUT2D eigenvalue weighted by atomic mass is 10.2. The van der Waals surface area contributed by atoms with Gasteiger partial charge in [0.1, 0.15) is 27.6 Å². The quantitative estimate of drug-likeness (QED) is 0.108. The van der Waals surface area contributed by atoms with E-state index in [1.54, 1.807) is 96.1 Å². The Morgan fingerprint density at radius 1 is 0.500 bits per heavy atom. The number of hydrogen-bond donors (Lipinski definition) is 0. The highest BCUT2D eigenvalue weighted by atomic mass is 32.3. The molecule has 0 atom stereocenters. The Labute approximate surface area is 255 Å². The van der Waals surface area contributed by atoms with Gasteiger partial charge < -0.3 is 9.47 Å². The van der Waals surface area contributed by atoms with E-state index < -0.39 is 65.6 Å².